The van der Waals surface area contributed by atoms with Crippen LogP contribution in [0, 0.1) is 0 Å². The molecule has 1 heterocycles. The second-order valence-corrected chi connectivity index (χ2v) is 5.13. The summed E-state index contributed by atoms with van der Waals surface area (Å²) in [4.78, 5) is 0. The smallest absolute Gasteiger partial charge is 0.136 e. The van der Waals surface area contributed by atoms with E-state index in [0.717, 1.165) is 23.0 Å². The van der Waals surface area contributed by atoms with Gasteiger partial charge >= 0.3 is 0 Å². The average Bonchev–Trinajstić information content (AvgIpc) is 2.93. The predicted molar refractivity (Wildman–Crippen MR) is 82.4 cm³/mol. The number of hydrogen-bond acceptors (Lipinski definition) is 5. The van der Waals surface area contributed by atoms with Gasteiger partial charge in [-0.15, -0.1) is 5.10 Å². The number of hydrogen-bond donors (Lipinski definition) is 1. The Morgan fingerprint density at radius 1 is 1.15 bits per heavy atom. The molecule has 0 amide bonds. The lowest BCUT2D eigenvalue weighted by atomic mass is 10.1. The van der Waals surface area contributed by atoms with Gasteiger partial charge in [-0.1, -0.05) is 34.8 Å². The molecule has 102 valence electrons. The Hall–Kier alpha value is -2.14. The van der Waals surface area contributed by atoms with Crippen LogP contribution in [-0.2, 0) is 6.61 Å². The molecule has 0 saturated carbocycles. The van der Waals surface area contributed by atoms with Crippen molar-refractivity contribution in [3.8, 4) is 5.75 Å². The summed E-state index contributed by atoms with van der Waals surface area (Å²) in [6, 6.07) is 14.3. The third kappa shape index (κ3) is 2.72. The van der Waals surface area contributed by atoms with Crippen LogP contribution < -0.4 is 10.1 Å². The first kappa shape index (κ1) is 12.9. The standard InChI is InChI=1S/C15H15N3OS/c1-2-16-15-14(17-18-20-15)10-19-13-8-7-11-5-3-4-6-12(11)9-13/h3-9,16H,2,10H2,1H3. The number of fused-ring (bicyclic) bond motifs is 1. The second kappa shape index (κ2) is 5.88. The monoisotopic (exact) mass is 285 g/mol. The van der Waals surface area contributed by atoms with E-state index in [1.807, 2.05) is 31.2 Å². The minimum Gasteiger partial charge on any atom is -0.487 e. The molecule has 20 heavy (non-hydrogen) atoms. The van der Waals surface area contributed by atoms with E-state index in [1.165, 1.54) is 22.3 Å². The minimum absolute atomic E-state index is 0.428. The van der Waals surface area contributed by atoms with Crippen LogP contribution in [-0.4, -0.2) is 16.1 Å². The van der Waals surface area contributed by atoms with Gasteiger partial charge in [0.1, 0.15) is 23.1 Å². The van der Waals surface area contributed by atoms with Crippen molar-refractivity contribution in [3.05, 3.63) is 48.2 Å². The average molecular weight is 285 g/mol. The lowest BCUT2D eigenvalue weighted by molar-refractivity contribution is 0.302. The first-order chi connectivity index (χ1) is 9.86. The highest BCUT2D eigenvalue weighted by Crippen LogP contribution is 2.23. The van der Waals surface area contributed by atoms with Crippen LogP contribution in [0.5, 0.6) is 5.75 Å². The summed E-state index contributed by atoms with van der Waals surface area (Å²) < 4.78 is 9.76. The SMILES string of the molecule is CCNc1snnc1COc1ccc2ccccc2c1. The summed E-state index contributed by atoms with van der Waals surface area (Å²) in [5.41, 5.74) is 0.852. The second-order valence-electron chi connectivity index (χ2n) is 4.38. The van der Waals surface area contributed by atoms with Crippen LogP contribution in [0.25, 0.3) is 10.8 Å². The Morgan fingerprint density at radius 2 is 2.00 bits per heavy atom. The van der Waals surface area contributed by atoms with Gasteiger partial charge < -0.3 is 10.1 Å². The molecule has 1 N–H and O–H groups in total. The lowest BCUT2D eigenvalue weighted by Crippen LogP contribution is -2.02. The van der Waals surface area contributed by atoms with Crippen molar-refractivity contribution in [3.63, 3.8) is 0 Å². The molecule has 0 fully saturated rings. The van der Waals surface area contributed by atoms with E-state index in [-0.39, 0.29) is 0 Å². The van der Waals surface area contributed by atoms with E-state index < -0.39 is 0 Å². The summed E-state index contributed by atoms with van der Waals surface area (Å²) >= 11 is 1.36. The summed E-state index contributed by atoms with van der Waals surface area (Å²) in [6.45, 7) is 3.33. The quantitative estimate of drug-likeness (QED) is 0.776. The topological polar surface area (TPSA) is 47.0 Å². The van der Waals surface area contributed by atoms with Gasteiger partial charge in [0.05, 0.1) is 0 Å². The molecule has 1 aromatic heterocycles. The predicted octanol–water partition coefficient (Wildman–Crippen LogP) is 3.70. The van der Waals surface area contributed by atoms with Crippen molar-refractivity contribution >= 4 is 27.3 Å². The fraction of sp³-hybridized carbons (Fsp3) is 0.200. The third-order valence-corrected chi connectivity index (χ3v) is 3.72. The fourth-order valence-electron chi connectivity index (χ4n) is 2.01. The van der Waals surface area contributed by atoms with E-state index in [4.69, 9.17) is 4.74 Å². The van der Waals surface area contributed by atoms with Crippen LogP contribution >= 0.6 is 11.5 Å². The highest BCUT2D eigenvalue weighted by atomic mass is 32.1. The molecular formula is C15H15N3OS. The van der Waals surface area contributed by atoms with Crippen LogP contribution in [0.1, 0.15) is 12.6 Å². The maximum absolute atomic E-state index is 5.81. The zero-order chi connectivity index (χ0) is 13.8. The maximum atomic E-state index is 5.81. The molecule has 0 spiro atoms. The summed E-state index contributed by atoms with van der Waals surface area (Å²) in [5, 5.41) is 10.7. The van der Waals surface area contributed by atoms with E-state index in [2.05, 4.69) is 33.1 Å². The largest absolute Gasteiger partial charge is 0.487 e. The Bertz CT molecular complexity index is 711. The molecular weight excluding hydrogens is 270 g/mol. The molecule has 0 atom stereocenters. The highest BCUT2D eigenvalue weighted by Gasteiger charge is 2.07. The molecule has 2 aromatic carbocycles. The molecule has 5 heteroatoms. The van der Waals surface area contributed by atoms with Gasteiger partial charge in [0, 0.05) is 18.1 Å². The molecule has 0 aliphatic rings. The molecule has 0 radical (unpaired) electrons. The molecule has 0 bridgehead atoms. The van der Waals surface area contributed by atoms with Crippen molar-refractivity contribution in [1.82, 2.24) is 9.59 Å². The molecule has 4 nitrogen and oxygen atoms in total. The Balaban J connectivity index is 1.74. The zero-order valence-electron chi connectivity index (χ0n) is 11.2. The van der Waals surface area contributed by atoms with Crippen molar-refractivity contribution in [1.29, 1.82) is 0 Å². The first-order valence-corrected chi connectivity index (χ1v) is 7.31. The van der Waals surface area contributed by atoms with Crippen LogP contribution in [0.2, 0.25) is 0 Å². The zero-order valence-corrected chi connectivity index (χ0v) is 12.0. The van der Waals surface area contributed by atoms with Crippen LogP contribution in [0.4, 0.5) is 5.00 Å². The third-order valence-electron chi connectivity index (χ3n) is 2.99. The molecule has 0 aliphatic heterocycles. The molecule has 0 unspecified atom stereocenters. The molecule has 3 rings (SSSR count). The number of rotatable bonds is 5. The Labute approximate surface area is 121 Å². The van der Waals surface area contributed by atoms with E-state index >= 15 is 0 Å². The van der Waals surface area contributed by atoms with Crippen molar-refractivity contribution < 1.29 is 4.74 Å². The van der Waals surface area contributed by atoms with Gasteiger partial charge in [0.2, 0.25) is 0 Å². The number of nitrogens with zero attached hydrogens (tertiary/aromatic N) is 2. The molecule has 0 aliphatic carbocycles. The van der Waals surface area contributed by atoms with Crippen LogP contribution in [0.15, 0.2) is 42.5 Å². The summed E-state index contributed by atoms with van der Waals surface area (Å²) in [6.07, 6.45) is 0. The Morgan fingerprint density at radius 3 is 2.85 bits per heavy atom. The number of nitrogens with one attached hydrogen (secondary N) is 1. The van der Waals surface area contributed by atoms with E-state index in [0.29, 0.717) is 6.61 Å². The molecule has 3 aromatic rings. The van der Waals surface area contributed by atoms with Crippen LogP contribution in [0.3, 0.4) is 0 Å². The normalized spacial score (nSPS) is 10.7. The lowest BCUT2D eigenvalue weighted by Gasteiger charge is -2.07. The highest BCUT2D eigenvalue weighted by molar-refractivity contribution is 7.10. The summed E-state index contributed by atoms with van der Waals surface area (Å²) in [5.74, 6) is 0.846. The minimum atomic E-state index is 0.428. The number of aromatic nitrogens is 2. The van der Waals surface area contributed by atoms with E-state index in [1.54, 1.807) is 0 Å². The summed E-state index contributed by atoms with van der Waals surface area (Å²) in [7, 11) is 0. The van der Waals surface area contributed by atoms with Gasteiger partial charge in [-0.3, -0.25) is 0 Å². The maximum Gasteiger partial charge on any atom is 0.136 e. The van der Waals surface area contributed by atoms with Gasteiger partial charge in [0.25, 0.3) is 0 Å². The fourth-order valence-corrected chi connectivity index (χ4v) is 2.64. The van der Waals surface area contributed by atoms with Gasteiger partial charge in [-0.25, -0.2) is 0 Å². The van der Waals surface area contributed by atoms with Gasteiger partial charge in [0.15, 0.2) is 0 Å². The van der Waals surface area contributed by atoms with E-state index in [9.17, 15) is 0 Å². The van der Waals surface area contributed by atoms with Gasteiger partial charge in [-0.05, 0) is 29.8 Å². The van der Waals surface area contributed by atoms with Crippen molar-refractivity contribution in [2.24, 2.45) is 0 Å². The van der Waals surface area contributed by atoms with Crippen molar-refractivity contribution in [2.45, 2.75) is 13.5 Å². The number of anilines is 1. The number of benzene rings is 2. The first-order valence-electron chi connectivity index (χ1n) is 6.53. The number of ether oxygens (including phenoxy) is 1. The Kier molecular flexibility index (Phi) is 3.78. The van der Waals surface area contributed by atoms with Gasteiger partial charge in [-0.2, -0.15) is 0 Å². The molecule has 0 saturated heterocycles. The van der Waals surface area contributed by atoms with Crippen molar-refractivity contribution in [2.75, 3.05) is 11.9 Å².